The molecule has 1 aliphatic carbocycles. The third kappa shape index (κ3) is 2.17. The van der Waals surface area contributed by atoms with E-state index in [1.165, 1.54) is 0 Å². The lowest BCUT2D eigenvalue weighted by Gasteiger charge is -2.07. The van der Waals surface area contributed by atoms with E-state index in [9.17, 15) is 8.42 Å². The predicted octanol–water partition coefficient (Wildman–Crippen LogP) is 1.48. The molecular formula is C12H16N2O2S. The molecule has 1 aliphatic heterocycles. The molecule has 1 saturated carbocycles. The van der Waals surface area contributed by atoms with Crippen LogP contribution in [-0.4, -0.2) is 20.5 Å². The summed E-state index contributed by atoms with van der Waals surface area (Å²) in [6.07, 6.45) is 2.81. The van der Waals surface area contributed by atoms with Crippen LogP contribution in [0.1, 0.15) is 25.3 Å². The van der Waals surface area contributed by atoms with Crippen molar-refractivity contribution in [1.82, 2.24) is 4.72 Å². The number of rotatable bonds is 3. The molecule has 0 aromatic heterocycles. The number of fused-ring (bicyclic) bond motifs is 1. The Bertz CT molecular complexity index is 550. The van der Waals surface area contributed by atoms with Crippen LogP contribution in [-0.2, 0) is 16.4 Å². The fourth-order valence-corrected chi connectivity index (χ4v) is 3.54. The summed E-state index contributed by atoms with van der Waals surface area (Å²) in [6.45, 7) is 2.09. The van der Waals surface area contributed by atoms with Gasteiger partial charge in [-0.05, 0) is 49.9 Å². The number of sulfonamides is 1. The molecule has 5 heteroatoms. The molecule has 2 N–H and O–H groups in total. The van der Waals surface area contributed by atoms with Gasteiger partial charge in [-0.15, -0.1) is 0 Å². The Hall–Kier alpha value is -1.07. The summed E-state index contributed by atoms with van der Waals surface area (Å²) in [5.74, 6) is 0. The number of hydrogen-bond donors (Lipinski definition) is 2. The van der Waals surface area contributed by atoms with E-state index in [4.69, 9.17) is 0 Å². The maximum atomic E-state index is 12.0. The zero-order valence-electron chi connectivity index (χ0n) is 9.73. The first-order chi connectivity index (χ1) is 8.04. The maximum absolute atomic E-state index is 12.0. The standard InChI is InChI=1S/C12H16N2O2S/c1-8-6-9-7-11(4-5-12(9)13-8)17(15,16)14-10-2-3-10/h4-5,7-8,10,13-14H,2-3,6H2,1H3/t8-/m1/s1. The predicted molar refractivity (Wildman–Crippen MR) is 66.6 cm³/mol. The molecular weight excluding hydrogens is 236 g/mol. The quantitative estimate of drug-likeness (QED) is 0.856. The van der Waals surface area contributed by atoms with Gasteiger partial charge in [0.2, 0.25) is 10.0 Å². The molecule has 1 heterocycles. The topological polar surface area (TPSA) is 58.2 Å². The molecule has 1 aromatic carbocycles. The molecule has 0 radical (unpaired) electrons. The number of nitrogens with one attached hydrogen (secondary N) is 2. The molecule has 2 aliphatic rings. The van der Waals surface area contributed by atoms with E-state index >= 15 is 0 Å². The van der Waals surface area contributed by atoms with Crippen molar-refractivity contribution in [3.8, 4) is 0 Å². The Morgan fingerprint density at radius 2 is 2.12 bits per heavy atom. The summed E-state index contributed by atoms with van der Waals surface area (Å²) in [4.78, 5) is 0.388. The van der Waals surface area contributed by atoms with Crippen molar-refractivity contribution < 1.29 is 8.42 Å². The molecule has 17 heavy (non-hydrogen) atoms. The van der Waals surface area contributed by atoms with Crippen LogP contribution in [0, 0.1) is 0 Å². The van der Waals surface area contributed by atoms with Crippen molar-refractivity contribution >= 4 is 15.7 Å². The van der Waals surface area contributed by atoms with Crippen molar-refractivity contribution in [2.75, 3.05) is 5.32 Å². The highest BCUT2D eigenvalue weighted by molar-refractivity contribution is 7.89. The van der Waals surface area contributed by atoms with Crippen LogP contribution in [0.15, 0.2) is 23.1 Å². The maximum Gasteiger partial charge on any atom is 0.240 e. The third-order valence-corrected chi connectivity index (χ3v) is 4.73. The Balaban J connectivity index is 1.91. The van der Waals surface area contributed by atoms with Crippen LogP contribution in [0.2, 0.25) is 0 Å². The summed E-state index contributed by atoms with van der Waals surface area (Å²) in [5.41, 5.74) is 2.15. The summed E-state index contributed by atoms with van der Waals surface area (Å²) in [6, 6.07) is 5.87. The van der Waals surface area contributed by atoms with Gasteiger partial charge in [-0.25, -0.2) is 13.1 Å². The molecule has 0 amide bonds. The van der Waals surface area contributed by atoms with Crippen LogP contribution in [0.3, 0.4) is 0 Å². The van der Waals surface area contributed by atoms with Gasteiger partial charge in [-0.2, -0.15) is 0 Å². The highest BCUT2D eigenvalue weighted by atomic mass is 32.2. The van der Waals surface area contributed by atoms with Gasteiger partial charge in [0.25, 0.3) is 0 Å². The number of anilines is 1. The van der Waals surface area contributed by atoms with Gasteiger partial charge in [0.15, 0.2) is 0 Å². The highest BCUT2D eigenvalue weighted by Crippen LogP contribution is 2.29. The second-order valence-electron chi connectivity index (χ2n) is 4.96. The monoisotopic (exact) mass is 252 g/mol. The van der Waals surface area contributed by atoms with E-state index in [0.717, 1.165) is 30.5 Å². The Labute approximate surface area is 101 Å². The first kappa shape index (κ1) is 11.0. The third-order valence-electron chi connectivity index (χ3n) is 3.21. The normalized spacial score (nSPS) is 23.2. The molecule has 0 spiro atoms. The lowest BCUT2D eigenvalue weighted by molar-refractivity contribution is 0.581. The van der Waals surface area contributed by atoms with Gasteiger partial charge in [0.1, 0.15) is 0 Å². The van der Waals surface area contributed by atoms with E-state index in [-0.39, 0.29) is 6.04 Å². The zero-order chi connectivity index (χ0) is 12.0. The molecule has 1 fully saturated rings. The van der Waals surface area contributed by atoms with Crippen LogP contribution in [0.4, 0.5) is 5.69 Å². The summed E-state index contributed by atoms with van der Waals surface area (Å²) >= 11 is 0. The van der Waals surface area contributed by atoms with E-state index in [0.29, 0.717) is 10.9 Å². The minimum atomic E-state index is -3.31. The minimum Gasteiger partial charge on any atom is -0.382 e. The van der Waals surface area contributed by atoms with Crippen LogP contribution in [0.5, 0.6) is 0 Å². The molecule has 1 atom stereocenters. The molecule has 1 aromatic rings. The van der Waals surface area contributed by atoms with E-state index in [1.54, 1.807) is 12.1 Å². The van der Waals surface area contributed by atoms with Gasteiger partial charge < -0.3 is 5.32 Å². The van der Waals surface area contributed by atoms with Gasteiger partial charge in [0, 0.05) is 17.8 Å². The number of benzene rings is 1. The first-order valence-electron chi connectivity index (χ1n) is 5.96. The fraction of sp³-hybridized carbons (Fsp3) is 0.500. The Morgan fingerprint density at radius 3 is 2.82 bits per heavy atom. The Kier molecular flexibility index (Phi) is 2.41. The lowest BCUT2D eigenvalue weighted by atomic mass is 10.1. The summed E-state index contributed by atoms with van der Waals surface area (Å²) < 4.78 is 26.8. The van der Waals surface area contributed by atoms with Crippen LogP contribution < -0.4 is 10.0 Å². The van der Waals surface area contributed by atoms with Crippen molar-refractivity contribution in [2.24, 2.45) is 0 Å². The van der Waals surface area contributed by atoms with Gasteiger partial charge >= 0.3 is 0 Å². The molecule has 4 nitrogen and oxygen atoms in total. The smallest absolute Gasteiger partial charge is 0.240 e. The van der Waals surface area contributed by atoms with Gasteiger partial charge in [-0.1, -0.05) is 0 Å². The second-order valence-corrected chi connectivity index (χ2v) is 6.68. The van der Waals surface area contributed by atoms with Crippen molar-refractivity contribution in [2.45, 2.75) is 43.2 Å². The van der Waals surface area contributed by atoms with E-state index in [2.05, 4.69) is 17.0 Å². The van der Waals surface area contributed by atoms with Gasteiger partial charge in [0.05, 0.1) is 4.90 Å². The molecule has 0 bridgehead atoms. The molecule has 92 valence electrons. The Morgan fingerprint density at radius 1 is 1.35 bits per heavy atom. The van der Waals surface area contributed by atoms with Crippen molar-refractivity contribution in [3.05, 3.63) is 23.8 Å². The van der Waals surface area contributed by atoms with Crippen LogP contribution >= 0.6 is 0 Å². The van der Waals surface area contributed by atoms with E-state index < -0.39 is 10.0 Å². The van der Waals surface area contributed by atoms with Crippen LogP contribution in [0.25, 0.3) is 0 Å². The minimum absolute atomic E-state index is 0.158. The van der Waals surface area contributed by atoms with E-state index in [1.807, 2.05) is 6.07 Å². The van der Waals surface area contributed by atoms with Gasteiger partial charge in [-0.3, -0.25) is 0 Å². The fourth-order valence-electron chi connectivity index (χ4n) is 2.18. The molecule has 0 unspecified atom stereocenters. The lowest BCUT2D eigenvalue weighted by Crippen LogP contribution is -2.25. The molecule has 0 saturated heterocycles. The number of hydrogen-bond acceptors (Lipinski definition) is 3. The second kappa shape index (κ2) is 3.71. The molecule has 3 rings (SSSR count). The zero-order valence-corrected chi connectivity index (χ0v) is 10.5. The van der Waals surface area contributed by atoms with Crippen molar-refractivity contribution in [3.63, 3.8) is 0 Å². The van der Waals surface area contributed by atoms with Crippen molar-refractivity contribution in [1.29, 1.82) is 0 Å². The largest absolute Gasteiger partial charge is 0.382 e. The summed E-state index contributed by atoms with van der Waals surface area (Å²) in [7, 11) is -3.31. The average molecular weight is 252 g/mol. The SMILES string of the molecule is C[C@@H]1Cc2cc(S(=O)(=O)NC3CC3)ccc2N1. The highest BCUT2D eigenvalue weighted by Gasteiger charge is 2.28. The first-order valence-corrected chi connectivity index (χ1v) is 7.45. The summed E-state index contributed by atoms with van der Waals surface area (Å²) in [5, 5.41) is 3.31. The average Bonchev–Trinajstić information content (AvgIpc) is 2.95.